The van der Waals surface area contributed by atoms with Crippen LogP contribution in [0.2, 0.25) is 0 Å². The van der Waals surface area contributed by atoms with Gasteiger partial charge < -0.3 is 30.0 Å². The van der Waals surface area contributed by atoms with Crippen molar-refractivity contribution in [2.45, 2.75) is 60.8 Å². The Balaban J connectivity index is 1.32. The summed E-state index contributed by atoms with van der Waals surface area (Å²) in [5, 5.41) is 14.4. The number of hydrogen-bond acceptors (Lipinski definition) is 8. The van der Waals surface area contributed by atoms with Crippen molar-refractivity contribution < 1.29 is 59.7 Å². The van der Waals surface area contributed by atoms with Crippen LogP contribution in [-0.2, 0) is 24.2 Å². The van der Waals surface area contributed by atoms with Gasteiger partial charge in [0.05, 0.1) is 30.1 Å². The first-order valence-electron chi connectivity index (χ1n) is 14.1. The number of carbonyl (C=O) groups is 3. The first-order chi connectivity index (χ1) is 21.2. The van der Waals surface area contributed by atoms with E-state index in [0.717, 1.165) is 30.3 Å². The number of carboxylic acids is 1. The number of alkyl halides is 3. The van der Waals surface area contributed by atoms with E-state index < -0.39 is 68.0 Å². The van der Waals surface area contributed by atoms with Crippen LogP contribution in [0.1, 0.15) is 42.5 Å². The zero-order chi connectivity index (χ0) is 32.7. The molecule has 2 saturated carbocycles. The van der Waals surface area contributed by atoms with Crippen LogP contribution in [0.25, 0.3) is 0 Å². The number of rotatable bonds is 9. The van der Waals surface area contributed by atoms with Crippen LogP contribution in [0.3, 0.4) is 0 Å². The highest BCUT2D eigenvalue weighted by Gasteiger charge is 2.52. The Morgan fingerprint density at radius 2 is 1.76 bits per heavy atom. The first-order valence-corrected chi connectivity index (χ1v) is 15.6. The third-order valence-electron chi connectivity index (χ3n) is 8.54. The van der Waals surface area contributed by atoms with Gasteiger partial charge in [0.25, 0.3) is 15.7 Å². The molecule has 2 amide bonds. The maximum absolute atomic E-state index is 14.9. The van der Waals surface area contributed by atoms with Gasteiger partial charge in [-0.25, -0.2) is 17.6 Å². The number of carbonyl (C=O) groups excluding carboxylic acids is 2. The van der Waals surface area contributed by atoms with Gasteiger partial charge in [0, 0.05) is 17.8 Å². The zero-order valence-corrected chi connectivity index (χ0v) is 24.6. The van der Waals surface area contributed by atoms with E-state index in [1.807, 2.05) is 0 Å². The van der Waals surface area contributed by atoms with Crippen molar-refractivity contribution >= 4 is 33.3 Å². The van der Waals surface area contributed by atoms with E-state index in [2.05, 4.69) is 10.6 Å². The molecule has 1 unspecified atom stereocenters. The van der Waals surface area contributed by atoms with Crippen LogP contribution in [0.15, 0.2) is 41.3 Å². The fraction of sp³-hybridized carbons (Fsp3) is 0.483. The largest absolute Gasteiger partial charge is 0.501 e. The predicted molar refractivity (Wildman–Crippen MR) is 148 cm³/mol. The molecule has 3 fully saturated rings. The van der Waals surface area contributed by atoms with Crippen molar-refractivity contribution in [1.82, 2.24) is 5.32 Å². The van der Waals surface area contributed by atoms with Crippen LogP contribution < -0.4 is 20.1 Å². The number of ether oxygens (including phenoxy) is 3. The fourth-order valence-electron chi connectivity index (χ4n) is 6.37. The molecule has 3 N–H and O–H groups in total. The van der Waals surface area contributed by atoms with Gasteiger partial charge in [0.2, 0.25) is 5.91 Å². The molecule has 3 aliphatic rings. The monoisotopic (exact) mass is 658 g/mol. The van der Waals surface area contributed by atoms with Crippen molar-refractivity contribution in [3.05, 3.63) is 47.8 Å². The standard InChI is InChI=1S/C29H30F4N2O9S/c1-42-22-12-20(30)23(44-17-7-8-21(28(38)39)43-13-17)11-19(22)26(36)35-25-15-6-5-14(9-15)24(25)27(37)34-16-3-2-4-18(10-16)45(40,41)29(31,32)33/h2-4,10-12,14-15,17,21,24-25H,5-9,13H2,1H3,(H,34,37)(H,35,36)(H,38,39)/t14-,15+,17-,21-,24+,25?/m1/s1. The summed E-state index contributed by atoms with van der Waals surface area (Å²) in [7, 11) is -4.39. The third-order valence-corrected chi connectivity index (χ3v) is 10.0. The topological polar surface area (TPSA) is 157 Å². The van der Waals surface area contributed by atoms with E-state index in [4.69, 9.17) is 19.3 Å². The molecule has 2 aromatic rings. The summed E-state index contributed by atoms with van der Waals surface area (Å²) in [5.41, 5.74) is -5.75. The lowest BCUT2D eigenvalue weighted by atomic mass is 9.83. The number of benzene rings is 2. The van der Waals surface area contributed by atoms with Crippen molar-refractivity contribution in [2.75, 3.05) is 19.0 Å². The van der Waals surface area contributed by atoms with Crippen molar-refractivity contribution in [3.63, 3.8) is 0 Å². The lowest BCUT2D eigenvalue weighted by molar-refractivity contribution is -0.156. The van der Waals surface area contributed by atoms with Crippen LogP contribution in [0, 0.1) is 23.6 Å². The van der Waals surface area contributed by atoms with Gasteiger partial charge in [0.1, 0.15) is 11.9 Å². The van der Waals surface area contributed by atoms with Crippen molar-refractivity contribution in [3.8, 4) is 11.5 Å². The second kappa shape index (κ2) is 12.5. The van der Waals surface area contributed by atoms with E-state index in [1.165, 1.54) is 13.2 Å². The highest BCUT2D eigenvalue weighted by atomic mass is 32.2. The van der Waals surface area contributed by atoms with Crippen molar-refractivity contribution in [2.24, 2.45) is 17.8 Å². The SMILES string of the molecule is COc1cc(F)c(O[C@@H]2CC[C@H](C(=O)O)OC2)cc1C(=O)NC1[C@H]2CC[C@H](C2)[C@@H]1C(=O)Nc1cccc(S(=O)(=O)C(F)(F)F)c1. The number of carboxylic acid groups (broad SMARTS) is 1. The minimum Gasteiger partial charge on any atom is -0.496 e. The second-order valence-corrected chi connectivity index (χ2v) is 13.2. The maximum atomic E-state index is 14.9. The summed E-state index contributed by atoms with van der Waals surface area (Å²) < 4.78 is 93.9. The Morgan fingerprint density at radius 1 is 1.02 bits per heavy atom. The lowest BCUT2D eigenvalue weighted by Gasteiger charge is -2.31. The Labute approximate surface area is 255 Å². The average molecular weight is 659 g/mol. The molecule has 0 spiro atoms. The molecule has 11 nitrogen and oxygen atoms in total. The highest BCUT2D eigenvalue weighted by molar-refractivity contribution is 7.92. The van der Waals surface area contributed by atoms with E-state index in [1.54, 1.807) is 0 Å². The first kappa shape index (κ1) is 32.5. The predicted octanol–water partition coefficient (Wildman–Crippen LogP) is 3.92. The van der Waals surface area contributed by atoms with E-state index >= 15 is 0 Å². The van der Waals surface area contributed by atoms with E-state index in [0.29, 0.717) is 19.3 Å². The number of hydrogen-bond donors (Lipinski definition) is 3. The number of halogens is 4. The van der Waals surface area contributed by atoms with Crippen molar-refractivity contribution in [1.29, 1.82) is 0 Å². The number of aliphatic carboxylic acids is 1. The van der Waals surface area contributed by atoms with Gasteiger partial charge in [-0.2, -0.15) is 13.2 Å². The van der Waals surface area contributed by atoms with Gasteiger partial charge in [-0.3, -0.25) is 9.59 Å². The maximum Gasteiger partial charge on any atom is 0.501 e. The summed E-state index contributed by atoms with van der Waals surface area (Å²) in [5.74, 6) is -4.60. The number of sulfone groups is 1. The Kier molecular flexibility index (Phi) is 8.99. The molecule has 6 atom stereocenters. The average Bonchev–Trinajstić information content (AvgIpc) is 3.60. The summed E-state index contributed by atoms with van der Waals surface area (Å²) in [6, 6.07) is 5.30. The van der Waals surface area contributed by atoms with Crippen LogP contribution in [0.4, 0.5) is 23.2 Å². The number of anilines is 1. The smallest absolute Gasteiger partial charge is 0.496 e. The van der Waals surface area contributed by atoms with Crippen LogP contribution in [0.5, 0.6) is 11.5 Å². The molecule has 1 aliphatic heterocycles. The Bertz CT molecular complexity index is 1590. The molecule has 1 heterocycles. The number of amides is 2. The minimum atomic E-state index is -5.64. The summed E-state index contributed by atoms with van der Waals surface area (Å²) in [6.45, 7) is -0.100. The molecule has 1 saturated heterocycles. The van der Waals surface area contributed by atoms with E-state index in [-0.39, 0.29) is 54.0 Å². The van der Waals surface area contributed by atoms with Gasteiger partial charge in [-0.1, -0.05) is 6.07 Å². The lowest BCUT2D eigenvalue weighted by Crippen LogP contribution is -2.48. The molecule has 0 aromatic heterocycles. The molecule has 2 bridgehead atoms. The quantitative estimate of drug-likeness (QED) is 0.340. The minimum absolute atomic E-state index is 0.0824. The molecule has 244 valence electrons. The zero-order valence-electron chi connectivity index (χ0n) is 23.8. The van der Waals surface area contributed by atoms with Gasteiger partial charge in [-0.05, 0) is 68.2 Å². The fourth-order valence-corrected chi connectivity index (χ4v) is 7.18. The summed E-state index contributed by atoms with van der Waals surface area (Å²) >= 11 is 0. The summed E-state index contributed by atoms with van der Waals surface area (Å²) in [4.78, 5) is 37.1. The third kappa shape index (κ3) is 6.57. The Morgan fingerprint density at radius 3 is 2.40 bits per heavy atom. The van der Waals surface area contributed by atoms with Gasteiger partial charge in [0.15, 0.2) is 17.7 Å². The molecule has 2 aliphatic carbocycles. The summed E-state index contributed by atoms with van der Waals surface area (Å²) in [6.07, 6.45) is 0.782. The molecular formula is C29H30F4N2O9S. The van der Waals surface area contributed by atoms with Gasteiger partial charge in [-0.15, -0.1) is 0 Å². The Hall–Kier alpha value is -3.92. The van der Waals surface area contributed by atoms with Gasteiger partial charge >= 0.3 is 11.5 Å². The van der Waals surface area contributed by atoms with Crippen LogP contribution in [-0.4, -0.2) is 68.8 Å². The second-order valence-electron chi connectivity index (χ2n) is 11.3. The normalized spacial score (nSPS) is 26.2. The molecule has 5 rings (SSSR count). The molecule has 45 heavy (non-hydrogen) atoms. The van der Waals surface area contributed by atoms with E-state index in [9.17, 15) is 40.4 Å². The molecule has 2 aromatic carbocycles. The number of nitrogens with one attached hydrogen (secondary N) is 2. The van der Waals surface area contributed by atoms with Crippen LogP contribution >= 0.6 is 0 Å². The number of fused-ring (bicyclic) bond motifs is 2. The molecule has 16 heteroatoms. The molecular weight excluding hydrogens is 628 g/mol. The number of methoxy groups -OCH3 is 1. The highest BCUT2D eigenvalue weighted by Crippen LogP contribution is 2.49. The molecule has 0 radical (unpaired) electrons.